The zero-order valence-electron chi connectivity index (χ0n) is 12.8. The summed E-state index contributed by atoms with van der Waals surface area (Å²) in [5.41, 5.74) is -0.505. The molecule has 1 atom stereocenters. The van der Waals surface area contributed by atoms with Gasteiger partial charge in [-0.3, -0.25) is 0 Å². The van der Waals surface area contributed by atoms with Gasteiger partial charge in [-0.1, -0.05) is 0 Å². The van der Waals surface area contributed by atoms with Crippen LogP contribution in [-0.4, -0.2) is 54.0 Å². The Labute approximate surface area is 125 Å². The maximum absolute atomic E-state index is 12.7. The number of anilines is 1. The van der Waals surface area contributed by atoms with Crippen LogP contribution >= 0.6 is 0 Å². The predicted octanol–water partition coefficient (Wildman–Crippen LogP) is 1.10. The number of nitrogens with zero attached hydrogens (tertiary/aromatic N) is 3. The standard InChI is InChI=1S/C13H22N4O3S/c1-5-14-12-15-6-11(7-16-12)21(18,19)17-8-10(2)20-13(3,4)9-17/h6-7,10H,5,8-9H2,1-4H3,(H,14,15,16). The summed E-state index contributed by atoms with van der Waals surface area (Å²) >= 11 is 0. The van der Waals surface area contributed by atoms with Crippen molar-refractivity contribution in [2.24, 2.45) is 0 Å². The van der Waals surface area contributed by atoms with E-state index >= 15 is 0 Å². The molecule has 0 aliphatic carbocycles. The Morgan fingerprint density at radius 2 is 2.05 bits per heavy atom. The highest BCUT2D eigenvalue weighted by Gasteiger charge is 2.38. The Bertz CT molecular complexity index is 586. The second-order valence-corrected chi connectivity index (χ2v) is 7.70. The van der Waals surface area contributed by atoms with Crippen molar-refractivity contribution in [1.82, 2.24) is 14.3 Å². The van der Waals surface area contributed by atoms with Gasteiger partial charge >= 0.3 is 0 Å². The molecular formula is C13H22N4O3S. The minimum atomic E-state index is -3.60. The Kier molecular flexibility index (Phi) is 4.50. The first-order valence-electron chi connectivity index (χ1n) is 6.98. The SMILES string of the molecule is CCNc1ncc(S(=O)(=O)N2CC(C)OC(C)(C)C2)cn1. The molecule has 0 amide bonds. The Balaban J connectivity index is 2.24. The Morgan fingerprint density at radius 1 is 1.43 bits per heavy atom. The number of hydrogen-bond acceptors (Lipinski definition) is 6. The summed E-state index contributed by atoms with van der Waals surface area (Å²) < 4.78 is 32.5. The van der Waals surface area contributed by atoms with Gasteiger partial charge in [0.15, 0.2) is 0 Å². The van der Waals surface area contributed by atoms with Gasteiger partial charge in [-0.05, 0) is 27.7 Å². The van der Waals surface area contributed by atoms with Crippen LogP contribution in [0.5, 0.6) is 0 Å². The van der Waals surface area contributed by atoms with Crippen LogP contribution in [-0.2, 0) is 14.8 Å². The molecule has 0 aromatic carbocycles. The van der Waals surface area contributed by atoms with E-state index in [4.69, 9.17) is 4.74 Å². The molecule has 1 aromatic heterocycles. The van der Waals surface area contributed by atoms with Gasteiger partial charge in [0.25, 0.3) is 0 Å². The molecule has 2 heterocycles. The third kappa shape index (κ3) is 3.69. The second-order valence-electron chi connectivity index (χ2n) is 5.76. The van der Waals surface area contributed by atoms with Crippen LogP contribution in [0.15, 0.2) is 17.3 Å². The number of morpholine rings is 1. The average molecular weight is 314 g/mol. The number of ether oxygens (including phenoxy) is 1. The maximum atomic E-state index is 12.7. The quantitative estimate of drug-likeness (QED) is 0.896. The van der Waals surface area contributed by atoms with Crippen LogP contribution in [0.1, 0.15) is 27.7 Å². The molecule has 1 fully saturated rings. The zero-order valence-corrected chi connectivity index (χ0v) is 13.6. The largest absolute Gasteiger partial charge is 0.370 e. The number of nitrogens with one attached hydrogen (secondary N) is 1. The summed E-state index contributed by atoms with van der Waals surface area (Å²) in [6, 6.07) is 0. The molecule has 118 valence electrons. The van der Waals surface area contributed by atoms with Crippen LogP contribution in [0.3, 0.4) is 0 Å². The molecule has 1 N–H and O–H groups in total. The van der Waals surface area contributed by atoms with Crippen molar-refractivity contribution in [3.8, 4) is 0 Å². The summed E-state index contributed by atoms with van der Waals surface area (Å²) in [5, 5.41) is 2.94. The number of aromatic nitrogens is 2. The summed E-state index contributed by atoms with van der Waals surface area (Å²) in [6.45, 7) is 8.89. The third-order valence-electron chi connectivity index (χ3n) is 3.14. The molecule has 2 rings (SSSR count). The molecule has 7 nitrogen and oxygen atoms in total. The summed E-state index contributed by atoms with van der Waals surface area (Å²) in [4.78, 5) is 8.16. The lowest BCUT2D eigenvalue weighted by atomic mass is 10.1. The fourth-order valence-corrected chi connectivity index (χ4v) is 3.98. The first kappa shape index (κ1) is 16.1. The summed E-state index contributed by atoms with van der Waals surface area (Å²) in [6.07, 6.45) is 2.53. The molecule has 1 aliphatic rings. The van der Waals surface area contributed by atoms with E-state index in [2.05, 4.69) is 15.3 Å². The smallest absolute Gasteiger partial charge is 0.246 e. The number of rotatable bonds is 4. The van der Waals surface area contributed by atoms with Crippen LogP contribution in [0.4, 0.5) is 5.95 Å². The lowest BCUT2D eigenvalue weighted by molar-refractivity contribution is -0.109. The Morgan fingerprint density at radius 3 is 2.57 bits per heavy atom. The molecule has 1 aromatic rings. The minimum absolute atomic E-state index is 0.106. The van der Waals surface area contributed by atoms with Gasteiger partial charge in [0.1, 0.15) is 4.90 Å². The fourth-order valence-electron chi connectivity index (χ4n) is 2.43. The van der Waals surface area contributed by atoms with E-state index in [0.717, 1.165) is 0 Å². The highest BCUT2D eigenvalue weighted by molar-refractivity contribution is 7.89. The van der Waals surface area contributed by atoms with Crippen molar-refractivity contribution >= 4 is 16.0 Å². The van der Waals surface area contributed by atoms with Crippen LogP contribution in [0.2, 0.25) is 0 Å². The monoisotopic (exact) mass is 314 g/mol. The van der Waals surface area contributed by atoms with E-state index in [-0.39, 0.29) is 11.0 Å². The van der Waals surface area contributed by atoms with E-state index in [1.165, 1.54) is 16.7 Å². The highest BCUT2D eigenvalue weighted by atomic mass is 32.2. The van der Waals surface area contributed by atoms with Crippen molar-refractivity contribution in [3.05, 3.63) is 12.4 Å². The van der Waals surface area contributed by atoms with Gasteiger partial charge in [0.2, 0.25) is 16.0 Å². The van der Waals surface area contributed by atoms with Crippen molar-refractivity contribution in [3.63, 3.8) is 0 Å². The molecule has 1 saturated heterocycles. The van der Waals surface area contributed by atoms with Crippen LogP contribution < -0.4 is 5.32 Å². The normalized spacial score (nSPS) is 23.0. The molecule has 8 heteroatoms. The molecule has 0 saturated carbocycles. The molecule has 21 heavy (non-hydrogen) atoms. The lowest BCUT2D eigenvalue weighted by Gasteiger charge is -2.40. The molecule has 0 bridgehead atoms. The van der Waals surface area contributed by atoms with Crippen molar-refractivity contribution in [1.29, 1.82) is 0 Å². The van der Waals surface area contributed by atoms with Gasteiger partial charge < -0.3 is 10.1 Å². The predicted molar refractivity (Wildman–Crippen MR) is 79.6 cm³/mol. The van der Waals surface area contributed by atoms with E-state index in [1.54, 1.807) is 0 Å². The van der Waals surface area contributed by atoms with E-state index in [0.29, 0.717) is 25.6 Å². The minimum Gasteiger partial charge on any atom is -0.370 e. The van der Waals surface area contributed by atoms with Gasteiger partial charge in [0.05, 0.1) is 24.1 Å². The van der Waals surface area contributed by atoms with Gasteiger partial charge in [0, 0.05) is 19.6 Å². The van der Waals surface area contributed by atoms with E-state index < -0.39 is 15.6 Å². The van der Waals surface area contributed by atoms with Gasteiger partial charge in [-0.25, -0.2) is 18.4 Å². The average Bonchev–Trinajstić information content (AvgIpc) is 2.37. The molecular weight excluding hydrogens is 292 g/mol. The summed E-state index contributed by atoms with van der Waals surface area (Å²) in [5.74, 6) is 0.423. The van der Waals surface area contributed by atoms with Crippen molar-refractivity contribution < 1.29 is 13.2 Å². The van der Waals surface area contributed by atoms with Crippen LogP contribution in [0.25, 0.3) is 0 Å². The van der Waals surface area contributed by atoms with Crippen molar-refractivity contribution in [2.75, 3.05) is 25.0 Å². The molecule has 0 spiro atoms. The zero-order chi connectivity index (χ0) is 15.7. The fraction of sp³-hybridized carbons (Fsp3) is 0.692. The first-order chi connectivity index (χ1) is 9.74. The van der Waals surface area contributed by atoms with Gasteiger partial charge in [-0.2, -0.15) is 4.31 Å². The summed E-state index contributed by atoms with van der Waals surface area (Å²) in [7, 11) is -3.60. The topological polar surface area (TPSA) is 84.4 Å². The number of sulfonamides is 1. The molecule has 0 radical (unpaired) electrons. The third-order valence-corrected chi connectivity index (χ3v) is 4.90. The molecule has 1 unspecified atom stereocenters. The lowest BCUT2D eigenvalue weighted by Crippen LogP contribution is -2.53. The van der Waals surface area contributed by atoms with E-state index in [9.17, 15) is 8.42 Å². The van der Waals surface area contributed by atoms with E-state index in [1.807, 2.05) is 27.7 Å². The number of hydrogen-bond donors (Lipinski definition) is 1. The Hall–Kier alpha value is -1.25. The van der Waals surface area contributed by atoms with Crippen LogP contribution in [0, 0.1) is 0 Å². The maximum Gasteiger partial charge on any atom is 0.246 e. The second kappa shape index (κ2) is 5.86. The van der Waals surface area contributed by atoms with Gasteiger partial charge in [-0.15, -0.1) is 0 Å². The van der Waals surface area contributed by atoms with Crippen molar-refractivity contribution in [2.45, 2.75) is 44.3 Å². The first-order valence-corrected chi connectivity index (χ1v) is 8.42. The highest BCUT2D eigenvalue weighted by Crippen LogP contribution is 2.25. The molecule has 1 aliphatic heterocycles.